The van der Waals surface area contributed by atoms with Gasteiger partial charge in [-0.05, 0) is 49.4 Å². The van der Waals surface area contributed by atoms with Crippen molar-refractivity contribution in [3.8, 4) is 10.6 Å². The number of amides is 1. The predicted molar refractivity (Wildman–Crippen MR) is 125 cm³/mol. The summed E-state index contributed by atoms with van der Waals surface area (Å²) in [7, 11) is 0. The second-order valence-electron chi connectivity index (χ2n) is 7.80. The van der Waals surface area contributed by atoms with Crippen LogP contribution in [0.2, 0.25) is 0 Å². The summed E-state index contributed by atoms with van der Waals surface area (Å²) < 4.78 is 13.4. The molecule has 0 unspecified atom stereocenters. The lowest BCUT2D eigenvalue weighted by Crippen LogP contribution is -2.46. The smallest absolute Gasteiger partial charge is 0.230 e. The van der Waals surface area contributed by atoms with Crippen molar-refractivity contribution in [2.24, 2.45) is 0 Å². The van der Waals surface area contributed by atoms with E-state index in [0.29, 0.717) is 10.7 Å². The second-order valence-corrected chi connectivity index (χ2v) is 8.66. The Labute approximate surface area is 186 Å². The van der Waals surface area contributed by atoms with Crippen LogP contribution >= 0.6 is 11.3 Å². The molecule has 0 bridgehead atoms. The first-order valence-electron chi connectivity index (χ1n) is 10.6. The van der Waals surface area contributed by atoms with Gasteiger partial charge in [-0.1, -0.05) is 19.1 Å². The zero-order valence-electron chi connectivity index (χ0n) is 17.9. The number of carbonyl (C=O) groups is 1. The van der Waals surface area contributed by atoms with Crippen molar-refractivity contribution in [1.82, 2.24) is 9.88 Å². The zero-order valence-corrected chi connectivity index (χ0v) is 18.7. The van der Waals surface area contributed by atoms with Gasteiger partial charge in [-0.15, -0.1) is 11.3 Å². The van der Waals surface area contributed by atoms with E-state index in [1.807, 2.05) is 24.4 Å². The number of anilines is 2. The van der Waals surface area contributed by atoms with Crippen molar-refractivity contribution in [3.05, 3.63) is 64.9 Å². The Kier molecular flexibility index (Phi) is 6.63. The van der Waals surface area contributed by atoms with Gasteiger partial charge in [0, 0.05) is 48.5 Å². The highest BCUT2D eigenvalue weighted by Crippen LogP contribution is 2.26. The molecular weight excluding hydrogens is 411 g/mol. The molecule has 31 heavy (non-hydrogen) atoms. The van der Waals surface area contributed by atoms with Gasteiger partial charge in [0.05, 0.1) is 12.1 Å². The first-order chi connectivity index (χ1) is 15.0. The molecule has 0 radical (unpaired) electrons. The molecule has 1 aliphatic heterocycles. The molecule has 3 aromatic rings. The number of carbonyl (C=O) groups excluding carboxylic acids is 1. The van der Waals surface area contributed by atoms with E-state index < -0.39 is 0 Å². The van der Waals surface area contributed by atoms with Gasteiger partial charge < -0.3 is 15.1 Å². The maximum Gasteiger partial charge on any atom is 0.230 e. The van der Waals surface area contributed by atoms with E-state index in [0.717, 1.165) is 49.5 Å². The Hall–Kier alpha value is -2.77. The van der Waals surface area contributed by atoms with E-state index >= 15 is 0 Å². The monoisotopic (exact) mass is 438 g/mol. The third-order valence-corrected chi connectivity index (χ3v) is 6.57. The van der Waals surface area contributed by atoms with Crippen LogP contribution in [0.3, 0.4) is 0 Å². The highest BCUT2D eigenvalue weighted by molar-refractivity contribution is 7.13. The Morgan fingerprint density at radius 2 is 1.97 bits per heavy atom. The van der Waals surface area contributed by atoms with Gasteiger partial charge in [0.25, 0.3) is 0 Å². The molecule has 0 spiro atoms. The third-order valence-electron chi connectivity index (χ3n) is 5.63. The highest BCUT2D eigenvalue weighted by Gasteiger charge is 2.17. The molecule has 1 aliphatic rings. The standard InChI is InChI=1S/C24H27FN4OS/c1-3-28-9-11-29(12-10-28)21-7-8-22(17(2)13-21)27-23(30)15-20-16-31-24(26-20)18-5-4-6-19(25)14-18/h4-8,13-14,16H,3,9-12,15H2,1-2H3,(H,27,30). The molecule has 7 heteroatoms. The van der Waals surface area contributed by atoms with Crippen LogP contribution in [0.5, 0.6) is 0 Å². The quantitative estimate of drug-likeness (QED) is 0.612. The molecule has 1 aromatic heterocycles. The summed E-state index contributed by atoms with van der Waals surface area (Å²) in [6.07, 6.45) is 0.186. The van der Waals surface area contributed by atoms with E-state index in [1.54, 1.807) is 6.07 Å². The summed E-state index contributed by atoms with van der Waals surface area (Å²) in [5, 5.41) is 5.57. The van der Waals surface area contributed by atoms with Crippen molar-refractivity contribution in [1.29, 1.82) is 0 Å². The van der Waals surface area contributed by atoms with Gasteiger partial charge in [-0.3, -0.25) is 4.79 Å². The Balaban J connectivity index is 1.37. The number of aryl methyl sites for hydroxylation is 1. The van der Waals surface area contributed by atoms with E-state index in [2.05, 4.69) is 39.2 Å². The van der Waals surface area contributed by atoms with Crippen molar-refractivity contribution in [3.63, 3.8) is 0 Å². The van der Waals surface area contributed by atoms with Crippen LogP contribution in [-0.4, -0.2) is 48.5 Å². The van der Waals surface area contributed by atoms with E-state index in [9.17, 15) is 9.18 Å². The lowest BCUT2D eigenvalue weighted by atomic mass is 10.1. The van der Waals surface area contributed by atoms with Gasteiger partial charge in [0.15, 0.2) is 0 Å². The number of hydrogen-bond acceptors (Lipinski definition) is 5. The van der Waals surface area contributed by atoms with Gasteiger partial charge in [-0.2, -0.15) is 0 Å². The SMILES string of the molecule is CCN1CCN(c2ccc(NC(=O)Cc3csc(-c4cccc(F)c4)n3)c(C)c2)CC1. The number of nitrogens with one attached hydrogen (secondary N) is 1. The average molecular weight is 439 g/mol. The van der Waals surface area contributed by atoms with E-state index in [1.165, 1.54) is 29.2 Å². The zero-order chi connectivity index (χ0) is 21.8. The Morgan fingerprint density at radius 3 is 2.68 bits per heavy atom. The number of rotatable bonds is 6. The molecule has 0 aliphatic carbocycles. The summed E-state index contributed by atoms with van der Waals surface area (Å²) in [4.78, 5) is 21.9. The van der Waals surface area contributed by atoms with Crippen LogP contribution in [0, 0.1) is 12.7 Å². The van der Waals surface area contributed by atoms with E-state index in [4.69, 9.17) is 0 Å². The molecule has 4 rings (SSSR count). The molecule has 0 atom stereocenters. The number of likely N-dealkylation sites (N-methyl/N-ethyl adjacent to an activating group) is 1. The Morgan fingerprint density at radius 1 is 1.16 bits per heavy atom. The predicted octanol–water partition coefficient (Wildman–Crippen LogP) is 4.58. The maximum atomic E-state index is 13.4. The molecule has 1 saturated heterocycles. The fraction of sp³-hybridized carbons (Fsp3) is 0.333. The summed E-state index contributed by atoms with van der Waals surface area (Å²) in [6.45, 7) is 9.53. The topological polar surface area (TPSA) is 48.5 Å². The maximum absolute atomic E-state index is 13.4. The van der Waals surface area contributed by atoms with Crippen molar-refractivity contribution < 1.29 is 9.18 Å². The van der Waals surface area contributed by atoms with E-state index in [-0.39, 0.29) is 18.1 Å². The molecule has 1 fully saturated rings. The third kappa shape index (κ3) is 5.29. The number of benzene rings is 2. The lowest BCUT2D eigenvalue weighted by molar-refractivity contribution is -0.115. The fourth-order valence-corrected chi connectivity index (χ4v) is 4.62. The first-order valence-corrected chi connectivity index (χ1v) is 11.5. The minimum Gasteiger partial charge on any atom is -0.369 e. The van der Waals surface area contributed by atoms with Gasteiger partial charge in [0.1, 0.15) is 10.8 Å². The minimum absolute atomic E-state index is 0.108. The van der Waals surface area contributed by atoms with Crippen molar-refractivity contribution in [2.75, 3.05) is 42.9 Å². The molecule has 0 saturated carbocycles. The second kappa shape index (κ2) is 9.58. The minimum atomic E-state index is -0.293. The molecule has 2 aromatic carbocycles. The van der Waals surface area contributed by atoms with Gasteiger partial charge in [-0.25, -0.2) is 9.37 Å². The highest BCUT2D eigenvalue weighted by atomic mass is 32.1. The Bertz CT molecular complexity index is 1060. The number of hydrogen-bond donors (Lipinski definition) is 1. The number of nitrogens with zero attached hydrogens (tertiary/aromatic N) is 3. The average Bonchev–Trinajstić information content (AvgIpc) is 3.23. The van der Waals surface area contributed by atoms with Crippen LogP contribution in [0.25, 0.3) is 10.6 Å². The number of piperazine rings is 1. The van der Waals surface area contributed by atoms with Crippen LogP contribution in [0.1, 0.15) is 18.2 Å². The van der Waals surface area contributed by atoms with Crippen molar-refractivity contribution in [2.45, 2.75) is 20.3 Å². The molecule has 2 heterocycles. The van der Waals surface area contributed by atoms with Gasteiger partial charge in [0.2, 0.25) is 5.91 Å². The fourth-order valence-electron chi connectivity index (χ4n) is 3.81. The van der Waals surface area contributed by atoms with Crippen LogP contribution in [-0.2, 0) is 11.2 Å². The first kappa shape index (κ1) is 21.5. The van der Waals surface area contributed by atoms with Crippen LogP contribution < -0.4 is 10.2 Å². The summed E-state index contributed by atoms with van der Waals surface area (Å²) >= 11 is 1.42. The molecule has 162 valence electrons. The lowest BCUT2D eigenvalue weighted by Gasteiger charge is -2.35. The summed E-state index contributed by atoms with van der Waals surface area (Å²) in [5.41, 5.74) is 4.47. The molecule has 1 amide bonds. The van der Waals surface area contributed by atoms with Crippen LogP contribution in [0.15, 0.2) is 47.8 Å². The molecule has 5 nitrogen and oxygen atoms in total. The van der Waals surface area contributed by atoms with Crippen molar-refractivity contribution >= 4 is 28.6 Å². The molecular formula is C24H27FN4OS. The largest absolute Gasteiger partial charge is 0.369 e. The number of aromatic nitrogens is 1. The molecule has 1 N–H and O–H groups in total. The number of thiazole rings is 1. The summed E-state index contributed by atoms with van der Waals surface area (Å²) in [5.74, 6) is -0.401. The van der Waals surface area contributed by atoms with Gasteiger partial charge >= 0.3 is 0 Å². The summed E-state index contributed by atoms with van der Waals surface area (Å²) in [6, 6.07) is 12.5. The normalized spacial score (nSPS) is 14.6. The number of halogens is 1. The van der Waals surface area contributed by atoms with Crippen LogP contribution in [0.4, 0.5) is 15.8 Å².